The third kappa shape index (κ3) is 7.14. The lowest BCUT2D eigenvalue weighted by Crippen LogP contribution is -2.53. The Bertz CT molecular complexity index is 1080. The minimum atomic E-state index is -3.85. The van der Waals surface area contributed by atoms with Gasteiger partial charge in [-0.25, -0.2) is 8.42 Å². The number of benzene rings is 2. The highest BCUT2D eigenvalue weighted by Crippen LogP contribution is 2.18. The molecule has 0 fully saturated rings. The van der Waals surface area contributed by atoms with Gasteiger partial charge in [-0.05, 0) is 51.3 Å². The maximum absolute atomic E-state index is 13.5. The Labute approximate surface area is 204 Å². The van der Waals surface area contributed by atoms with Crippen molar-refractivity contribution in [1.82, 2.24) is 14.5 Å². The van der Waals surface area contributed by atoms with E-state index >= 15 is 0 Å². The summed E-state index contributed by atoms with van der Waals surface area (Å²) >= 11 is 0. The van der Waals surface area contributed by atoms with E-state index in [-0.39, 0.29) is 29.9 Å². The predicted molar refractivity (Wildman–Crippen MR) is 135 cm³/mol. The Kier molecular flexibility index (Phi) is 9.82. The van der Waals surface area contributed by atoms with Gasteiger partial charge in [0.1, 0.15) is 6.04 Å². The number of rotatable bonds is 11. The fourth-order valence-corrected chi connectivity index (χ4v) is 4.74. The molecular formula is C26H37N3O4S. The normalized spacial score (nSPS) is 13.4. The maximum Gasteiger partial charge on any atom is 0.243 e. The van der Waals surface area contributed by atoms with Crippen molar-refractivity contribution in [2.24, 2.45) is 0 Å². The largest absolute Gasteiger partial charge is 0.352 e. The van der Waals surface area contributed by atoms with Crippen LogP contribution in [0.15, 0.2) is 53.4 Å². The zero-order chi connectivity index (χ0) is 25.5. The van der Waals surface area contributed by atoms with Gasteiger partial charge in [0.25, 0.3) is 0 Å². The summed E-state index contributed by atoms with van der Waals surface area (Å²) in [6, 6.07) is 13.5. The number of carbonyl (C=O) groups is 2. The number of hydrogen-bond donors (Lipinski definition) is 1. The molecule has 0 aliphatic heterocycles. The Morgan fingerprint density at radius 2 is 1.62 bits per heavy atom. The zero-order valence-electron chi connectivity index (χ0n) is 21.0. The Hall–Kier alpha value is -2.71. The molecule has 0 saturated heterocycles. The van der Waals surface area contributed by atoms with Crippen LogP contribution in [-0.4, -0.2) is 55.1 Å². The Morgan fingerprint density at radius 3 is 2.18 bits per heavy atom. The first-order chi connectivity index (χ1) is 16.0. The van der Waals surface area contributed by atoms with Gasteiger partial charge in [-0.3, -0.25) is 9.59 Å². The second-order valence-corrected chi connectivity index (χ2v) is 10.9. The molecule has 0 spiro atoms. The molecule has 2 atom stereocenters. The van der Waals surface area contributed by atoms with E-state index in [1.165, 1.54) is 24.1 Å². The summed E-state index contributed by atoms with van der Waals surface area (Å²) in [5, 5.41) is 2.96. The smallest absolute Gasteiger partial charge is 0.243 e. The van der Waals surface area contributed by atoms with E-state index in [9.17, 15) is 18.0 Å². The van der Waals surface area contributed by atoms with Crippen molar-refractivity contribution >= 4 is 21.8 Å². The van der Waals surface area contributed by atoms with Crippen molar-refractivity contribution < 1.29 is 18.0 Å². The van der Waals surface area contributed by atoms with E-state index in [0.717, 1.165) is 27.4 Å². The standard InChI is InChI=1S/C26H37N3O4S/c1-7-21(5)27-26(31)24(8-2)29(17-22-11-9-10-20(4)16-22)25(30)18-28(6)34(32,33)23-14-12-19(3)13-15-23/h9-16,21,24H,7-8,17-18H2,1-6H3,(H,27,31)/t21-,24+/m0/s1. The van der Waals surface area contributed by atoms with Crippen molar-refractivity contribution in [3.05, 3.63) is 65.2 Å². The second kappa shape index (κ2) is 12.1. The first kappa shape index (κ1) is 27.5. The third-order valence-electron chi connectivity index (χ3n) is 5.91. The lowest BCUT2D eigenvalue weighted by molar-refractivity contribution is -0.141. The summed E-state index contributed by atoms with van der Waals surface area (Å²) in [7, 11) is -2.47. The molecule has 2 aromatic carbocycles. The van der Waals surface area contributed by atoms with Crippen molar-refractivity contribution in [3.8, 4) is 0 Å². The molecule has 1 N–H and O–H groups in total. The van der Waals surface area contributed by atoms with Crippen LogP contribution >= 0.6 is 0 Å². The summed E-state index contributed by atoms with van der Waals surface area (Å²) in [6.07, 6.45) is 1.18. The van der Waals surface area contributed by atoms with Crippen LogP contribution in [0, 0.1) is 13.8 Å². The van der Waals surface area contributed by atoms with Crippen molar-refractivity contribution in [1.29, 1.82) is 0 Å². The topological polar surface area (TPSA) is 86.8 Å². The molecule has 0 saturated carbocycles. The van der Waals surface area contributed by atoms with E-state index in [1.807, 2.05) is 58.9 Å². The molecule has 0 heterocycles. The van der Waals surface area contributed by atoms with E-state index in [0.29, 0.717) is 6.42 Å². The number of likely N-dealkylation sites (N-methyl/N-ethyl adjacent to an activating group) is 1. The summed E-state index contributed by atoms with van der Waals surface area (Å²) < 4.78 is 27.1. The van der Waals surface area contributed by atoms with Crippen molar-refractivity contribution in [3.63, 3.8) is 0 Å². The van der Waals surface area contributed by atoms with Gasteiger partial charge >= 0.3 is 0 Å². The van der Waals surface area contributed by atoms with E-state index in [1.54, 1.807) is 12.1 Å². The van der Waals surface area contributed by atoms with Crippen LogP contribution in [0.3, 0.4) is 0 Å². The highest BCUT2D eigenvalue weighted by molar-refractivity contribution is 7.89. The fraction of sp³-hybridized carbons (Fsp3) is 0.462. The molecule has 0 radical (unpaired) electrons. The molecule has 2 amide bonds. The van der Waals surface area contributed by atoms with Gasteiger partial charge in [0.15, 0.2) is 0 Å². The lowest BCUT2D eigenvalue weighted by atomic mass is 10.1. The van der Waals surface area contributed by atoms with Crippen LogP contribution in [0.2, 0.25) is 0 Å². The zero-order valence-corrected chi connectivity index (χ0v) is 21.9. The fourth-order valence-electron chi connectivity index (χ4n) is 3.62. The van der Waals surface area contributed by atoms with Gasteiger partial charge in [-0.2, -0.15) is 4.31 Å². The number of sulfonamides is 1. The highest BCUT2D eigenvalue weighted by atomic mass is 32.2. The highest BCUT2D eigenvalue weighted by Gasteiger charge is 2.32. The number of amides is 2. The summed E-state index contributed by atoms with van der Waals surface area (Å²) in [4.78, 5) is 28.1. The van der Waals surface area contributed by atoms with Crippen LogP contribution in [0.4, 0.5) is 0 Å². The molecule has 0 bridgehead atoms. The monoisotopic (exact) mass is 487 g/mol. The van der Waals surface area contributed by atoms with Gasteiger partial charge in [-0.15, -0.1) is 0 Å². The third-order valence-corrected chi connectivity index (χ3v) is 7.73. The van der Waals surface area contributed by atoms with Crippen LogP contribution in [0.5, 0.6) is 0 Å². The van der Waals surface area contributed by atoms with Crippen LogP contribution in [-0.2, 0) is 26.2 Å². The quantitative estimate of drug-likeness (QED) is 0.524. The first-order valence-electron chi connectivity index (χ1n) is 11.7. The molecule has 0 aliphatic rings. The molecule has 186 valence electrons. The van der Waals surface area contributed by atoms with Gasteiger partial charge in [-0.1, -0.05) is 61.4 Å². The summed E-state index contributed by atoms with van der Waals surface area (Å²) in [5.41, 5.74) is 2.87. The Balaban J connectivity index is 2.33. The Morgan fingerprint density at radius 1 is 0.971 bits per heavy atom. The van der Waals surface area contributed by atoms with E-state index in [2.05, 4.69) is 5.32 Å². The number of nitrogens with zero attached hydrogens (tertiary/aromatic N) is 2. The number of nitrogens with one attached hydrogen (secondary N) is 1. The van der Waals surface area contributed by atoms with Crippen molar-refractivity contribution in [2.75, 3.05) is 13.6 Å². The molecule has 2 aromatic rings. The molecular weight excluding hydrogens is 450 g/mol. The van der Waals surface area contributed by atoms with Gasteiger partial charge in [0.05, 0.1) is 11.4 Å². The van der Waals surface area contributed by atoms with Gasteiger partial charge in [0.2, 0.25) is 21.8 Å². The molecule has 8 heteroatoms. The molecule has 0 unspecified atom stereocenters. The molecule has 34 heavy (non-hydrogen) atoms. The van der Waals surface area contributed by atoms with Crippen LogP contribution < -0.4 is 5.32 Å². The summed E-state index contributed by atoms with van der Waals surface area (Å²) in [5.74, 6) is -0.659. The second-order valence-electron chi connectivity index (χ2n) is 8.83. The van der Waals surface area contributed by atoms with Crippen LogP contribution in [0.1, 0.15) is 50.3 Å². The average molecular weight is 488 g/mol. The van der Waals surface area contributed by atoms with E-state index < -0.39 is 22.0 Å². The van der Waals surface area contributed by atoms with Gasteiger partial charge < -0.3 is 10.2 Å². The maximum atomic E-state index is 13.5. The summed E-state index contributed by atoms with van der Waals surface area (Å²) in [6.45, 7) is 9.43. The number of carbonyl (C=O) groups excluding carboxylic acids is 2. The lowest BCUT2D eigenvalue weighted by Gasteiger charge is -2.32. The minimum Gasteiger partial charge on any atom is -0.352 e. The van der Waals surface area contributed by atoms with E-state index in [4.69, 9.17) is 0 Å². The molecule has 0 aliphatic carbocycles. The first-order valence-corrected chi connectivity index (χ1v) is 13.1. The molecule has 2 rings (SSSR count). The SMILES string of the molecule is CC[C@H](C(=O)N[C@@H](C)CC)N(Cc1cccc(C)c1)C(=O)CN(C)S(=O)(=O)c1ccc(C)cc1. The average Bonchev–Trinajstić information content (AvgIpc) is 2.79. The number of hydrogen-bond acceptors (Lipinski definition) is 4. The van der Waals surface area contributed by atoms with Crippen molar-refractivity contribution in [2.45, 2.75) is 71.0 Å². The predicted octanol–water partition coefficient (Wildman–Crippen LogP) is 3.65. The molecule has 7 nitrogen and oxygen atoms in total. The van der Waals surface area contributed by atoms with Gasteiger partial charge in [0, 0.05) is 19.6 Å². The molecule has 0 aromatic heterocycles. The minimum absolute atomic E-state index is 0.0259. The van der Waals surface area contributed by atoms with Crippen LogP contribution in [0.25, 0.3) is 0 Å². The number of aryl methyl sites for hydroxylation is 2.